The molecule has 1 aromatic rings. The van der Waals surface area contributed by atoms with Crippen LogP contribution in [0.15, 0.2) is 30.3 Å². The Labute approximate surface area is 138 Å². The van der Waals surface area contributed by atoms with E-state index in [4.69, 9.17) is 0 Å². The van der Waals surface area contributed by atoms with Crippen LogP contribution < -0.4 is 0 Å². The van der Waals surface area contributed by atoms with E-state index in [1.54, 1.807) is 0 Å². The number of rotatable bonds is 4. The van der Waals surface area contributed by atoms with Gasteiger partial charge in [0, 0.05) is 19.1 Å². The van der Waals surface area contributed by atoms with Gasteiger partial charge in [0.05, 0.1) is 18.8 Å². The van der Waals surface area contributed by atoms with Gasteiger partial charge < -0.3 is 15.3 Å². The minimum atomic E-state index is -0.697. The zero-order chi connectivity index (χ0) is 16.2. The van der Waals surface area contributed by atoms with E-state index in [1.807, 2.05) is 0 Å². The second-order valence-electron chi connectivity index (χ2n) is 7.29. The average molecular weight is 319 g/mol. The minimum absolute atomic E-state index is 0.0137. The number of aliphatic hydroxyl groups excluding tert-OH is 3. The topological polar surface area (TPSA) is 63.9 Å². The first-order valence-corrected chi connectivity index (χ1v) is 8.93. The van der Waals surface area contributed by atoms with Crippen LogP contribution in [0.3, 0.4) is 0 Å². The lowest BCUT2D eigenvalue weighted by atomic mass is 9.78. The molecule has 3 N–H and O–H groups in total. The maximum atomic E-state index is 9.91. The van der Waals surface area contributed by atoms with Crippen molar-refractivity contribution in [3.63, 3.8) is 0 Å². The van der Waals surface area contributed by atoms with E-state index < -0.39 is 12.2 Å². The van der Waals surface area contributed by atoms with Crippen molar-refractivity contribution in [3.8, 4) is 0 Å². The molecule has 1 saturated carbocycles. The molecule has 1 heterocycles. The van der Waals surface area contributed by atoms with Crippen LogP contribution in [0.2, 0.25) is 0 Å². The average Bonchev–Trinajstić information content (AvgIpc) is 2.59. The summed E-state index contributed by atoms with van der Waals surface area (Å²) in [5, 5.41) is 29.2. The van der Waals surface area contributed by atoms with Crippen molar-refractivity contribution in [2.24, 2.45) is 5.92 Å². The summed E-state index contributed by atoms with van der Waals surface area (Å²) in [7, 11) is 0. The smallest absolute Gasteiger partial charge is 0.0926 e. The van der Waals surface area contributed by atoms with Crippen molar-refractivity contribution in [1.82, 2.24) is 4.90 Å². The first kappa shape index (κ1) is 16.9. The van der Waals surface area contributed by atoms with Gasteiger partial charge in [-0.1, -0.05) is 30.3 Å². The lowest BCUT2D eigenvalue weighted by Gasteiger charge is -2.42. The van der Waals surface area contributed by atoms with Crippen molar-refractivity contribution in [2.45, 2.75) is 56.3 Å². The first-order chi connectivity index (χ1) is 11.2. The van der Waals surface area contributed by atoms with Crippen molar-refractivity contribution < 1.29 is 15.3 Å². The van der Waals surface area contributed by atoms with Crippen LogP contribution in [0.25, 0.3) is 0 Å². The number of aliphatic hydroxyl groups is 3. The summed E-state index contributed by atoms with van der Waals surface area (Å²) in [4.78, 5) is 2.19. The number of hydrogen-bond donors (Lipinski definition) is 3. The Bertz CT molecular complexity index is 473. The zero-order valence-electron chi connectivity index (χ0n) is 13.7. The van der Waals surface area contributed by atoms with E-state index in [2.05, 4.69) is 35.2 Å². The quantitative estimate of drug-likeness (QED) is 0.791. The largest absolute Gasteiger partial charge is 0.395 e. The van der Waals surface area contributed by atoms with Crippen molar-refractivity contribution in [1.29, 1.82) is 0 Å². The van der Waals surface area contributed by atoms with Crippen molar-refractivity contribution >= 4 is 0 Å². The Morgan fingerprint density at radius 1 is 0.957 bits per heavy atom. The Morgan fingerprint density at radius 3 is 2.30 bits per heavy atom. The lowest BCUT2D eigenvalue weighted by Crippen LogP contribution is -2.54. The molecule has 1 unspecified atom stereocenters. The fourth-order valence-electron chi connectivity index (χ4n) is 4.24. The van der Waals surface area contributed by atoms with Gasteiger partial charge in [0.2, 0.25) is 0 Å². The molecule has 0 spiro atoms. The molecule has 4 heteroatoms. The normalized spacial score (nSPS) is 36.0. The molecule has 4 nitrogen and oxygen atoms in total. The lowest BCUT2D eigenvalue weighted by molar-refractivity contribution is -0.0757. The second kappa shape index (κ2) is 7.75. The van der Waals surface area contributed by atoms with Crippen molar-refractivity contribution in [2.75, 3.05) is 19.7 Å². The summed E-state index contributed by atoms with van der Waals surface area (Å²) < 4.78 is 0. The number of piperidine rings is 1. The zero-order valence-corrected chi connectivity index (χ0v) is 13.7. The van der Waals surface area contributed by atoms with E-state index >= 15 is 0 Å². The third kappa shape index (κ3) is 4.13. The van der Waals surface area contributed by atoms with E-state index in [-0.39, 0.29) is 12.6 Å². The predicted octanol–water partition coefficient (Wildman–Crippen LogP) is 1.75. The molecule has 2 aliphatic rings. The Morgan fingerprint density at radius 2 is 1.65 bits per heavy atom. The molecule has 3 rings (SSSR count). The van der Waals surface area contributed by atoms with E-state index in [0.717, 1.165) is 6.54 Å². The molecule has 1 saturated heterocycles. The van der Waals surface area contributed by atoms with Crippen LogP contribution in [0.5, 0.6) is 0 Å². The summed E-state index contributed by atoms with van der Waals surface area (Å²) in [6, 6.07) is 10.8. The summed E-state index contributed by atoms with van der Waals surface area (Å²) in [5.41, 5.74) is 1.45. The Balaban J connectivity index is 1.52. The standard InChI is InChI=1S/C19H29NO3/c21-13-17-10-18(22)19(23)12-20(17)11-14-6-8-16(9-7-14)15-4-2-1-3-5-15/h1-5,14,16-19,21-23H,6-13H2/t14?,16?,17-,18?,19+/m1/s1. The van der Waals surface area contributed by atoms with E-state index in [0.29, 0.717) is 24.8 Å². The van der Waals surface area contributed by atoms with Gasteiger partial charge in [0.1, 0.15) is 0 Å². The monoisotopic (exact) mass is 319 g/mol. The van der Waals surface area contributed by atoms with Gasteiger partial charge in [0.15, 0.2) is 0 Å². The van der Waals surface area contributed by atoms with Crippen LogP contribution in [0.4, 0.5) is 0 Å². The van der Waals surface area contributed by atoms with Crippen LogP contribution in [-0.4, -0.2) is 58.2 Å². The summed E-state index contributed by atoms with van der Waals surface area (Å²) in [5.74, 6) is 1.31. The number of hydrogen-bond acceptors (Lipinski definition) is 4. The molecule has 0 radical (unpaired) electrons. The van der Waals surface area contributed by atoms with Gasteiger partial charge in [-0.2, -0.15) is 0 Å². The molecular formula is C19H29NO3. The van der Waals surface area contributed by atoms with Gasteiger partial charge in [-0.3, -0.25) is 4.90 Å². The Kier molecular flexibility index (Phi) is 5.70. The SMILES string of the molecule is OC[C@H]1CC(O)[C@@H](O)CN1CC1CCC(c2ccccc2)CC1. The maximum Gasteiger partial charge on any atom is 0.0926 e. The molecule has 2 fully saturated rings. The molecule has 1 aromatic carbocycles. The van der Waals surface area contributed by atoms with Crippen LogP contribution >= 0.6 is 0 Å². The summed E-state index contributed by atoms with van der Waals surface area (Å²) >= 11 is 0. The van der Waals surface area contributed by atoms with Gasteiger partial charge >= 0.3 is 0 Å². The highest BCUT2D eigenvalue weighted by molar-refractivity contribution is 5.19. The third-order valence-corrected chi connectivity index (χ3v) is 5.72. The molecule has 0 amide bonds. The second-order valence-corrected chi connectivity index (χ2v) is 7.29. The number of β-amino-alcohol motifs (C(OH)–C–C–N with tert-alkyl or cyclic N) is 1. The highest BCUT2D eigenvalue weighted by Gasteiger charge is 2.34. The third-order valence-electron chi connectivity index (χ3n) is 5.72. The number of nitrogens with zero attached hydrogens (tertiary/aromatic N) is 1. The van der Waals surface area contributed by atoms with Gasteiger partial charge in [-0.05, 0) is 49.5 Å². The van der Waals surface area contributed by atoms with Gasteiger partial charge in [-0.15, -0.1) is 0 Å². The summed E-state index contributed by atoms with van der Waals surface area (Å²) in [6.07, 6.45) is 3.93. The molecule has 0 bridgehead atoms. The molecule has 1 aliphatic carbocycles. The molecule has 1 aliphatic heterocycles. The van der Waals surface area contributed by atoms with E-state index in [9.17, 15) is 15.3 Å². The fourth-order valence-corrected chi connectivity index (χ4v) is 4.24. The van der Waals surface area contributed by atoms with Gasteiger partial charge in [0.25, 0.3) is 0 Å². The summed E-state index contributed by atoms with van der Waals surface area (Å²) in [6.45, 7) is 1.46. The minimum Gasteiger partial charge on any atom is -0.395 e. The fraction of sp³-hybridized carbons (Fsp3) is 0.684. The first-order valence-electron chi connectivity index (χ1n) is 8.93. The van der Waals surface area contributed by atoms with E-state index in [1.165, 1.54) is 31.2 Å². The van der Waals surface area contributed by atoms with Crippen LogP contribution in [-0.2, 0) is 0 Å². The van der Waals surface area contributed by atoms with Crippen LogP contribution in [0.1, 0.15) is 43.6 Å². The Hall–Kier alpha value is -0.940. The predicted molar refractivity (Wildman–Crippen MR) is 90.2 cm³/mol. The molecule has 128 valence electrons. The van der Waals surface area contributed by atoms with Crippen LogP contribution in [0, 0.1) is 5.92 Å². The highest BCUT2D eigenvalue weighted by Crippen LogP contribution is 2.36. The number of likely N-dealkylation sites (tertiary alicyclic amines) is 1. The highest BCUT2D eigenvalue weighted by atomic mass is 16.3. The van der Waals surface area contributed by atoms with Crippen molar-refractivity contribution in [3.05, 3.63) is 35.9 Å². The van der Waals surface area contributed by atoms with Gasteiger partial charge in [-0.25, -0.2) is 0 Å². The number of benzene rings is 1. The molecule has 23 heavy (non-hydrogen) atoms. The maximum absolute atomic E-state index is 9.91. The molecule has 0 aromatic heterocycles. The molecular weight excluding hydrogens is 290 g/mol. The molecule has 3 atom stereocenters.